The lowest BCUT2D eigenvalue weighted by Gasteiger charge is -2.13. The molecule has 5 heteroatoms. The minimum atomic E-state index is 0.696. The van der Waals surface area contributed by atoms with Crippen molar-refractivity contribution >= 4 is 22.5 Å². The Balaban J connectivity index is 2.22. The van der Waals surface area contributed by atoms with E-state index in [1.807, 2.05) is 31.2 Å². The van der Waals surface area contributed by atoms with Crippen LogP contribution >= 0.6 is 0 Å². The second-order valence-electron chi connectivity index (χ2n) is 7.00. The molecule has 0 radical (unpaired) electrons. The van der Waals surface area contributed by atoms with Crippen LogP contribution in [0.5, 0.6) is 0 Å². The number of benzene rings is 1. The van der Waals surface area contributed by atoms with Crippen molar-refractivity contribution in [2.45, 2.75) is 19.8 Å². The highest BCUT2D eigenvalue weighted by Crippen LogP contribution is 2.26. The number of fused-ring (bicyclic) bond motifs is 3. The first-order chi connectivity index (χ1) is 12.6. The van der Waals surface area contributed by atoms with Crippen molar-refractivity contribution in [1.29, 1.82) is 5.26 Å². The number of aromatic amines is 1. The number of hydrogen-bond acceptors (Lipinski definition) is 2. The molecule has 0 aliphatic carbocycles. The molecule has 26 heavy (non-hydrogen) atoms. The van der Waals surface area contributed by atoms with Crippen LogP contribution in [-0.4, -0.2) is 32.2 Å². The van der Waals surface area contributed by atoms with Crippen molar-refractivity contribution in [3.63, 3.8) is 0 Å². The van der Waals surface area contributed by atoms with Gasteiger partial charge in [-0.2, -0.15) is 9.66 Å². The van der Waals surface area contributed by atoms with Crippen LogP contribution in [0.3, 0.4) is 0 Å². The molecular weight excluding hydrogens is 322 g/mol. The first-order valence-electron chi connectivity index (χ1n) is 9.10. The molecule has 2 aromatic heterocycles. The maximum absolute atomic E-state index is 9.77. The SMILES string of the molecule is C=CCc1c(C)c(C#N)c2[nH]c3ccccc3[n+]2c1NCCC[NH+](C)C. The molecule has 0 atom stereocenters. The molecule has 0 spiro atoms. The van der Waals surface area contributed by atoms with Crippen LogP contribution in [0.4, 0.5) is 5.82 Å². The van der Waals surface area contributed by atoms with Gasteiger partial charge < -0.3 is 10.2 Å². The molecule has 3 aromatic rings. The molecule has 0 aliphatic heterocycles. The molecule has 1 aromatic carbocycles. The summed E-state index contributed by atoms with van der Waals surface area (Å²) in [6.45, 7) is 7.94. The Morgan fingerprint density at radius 2 is 2.12 bits per heavy atom. The van der Waals surface area contributed by atoms with Crippen LogP contribution in [0.2, 0.25) is 0 Å². The Bertz CT molecular complexity index is 991. The predicted octanol–water partition coefficient (Wildman–Crippen LogP) is 1.76. The van der Waals surface area contributed by atoms with E-state index in [1.54, 1.807) is 0 Å². The number of imidazole rings is 1. The van der Waals surface area contributed by atoms with Gasteiger partial charge in [-0.05, 0) is 31.0 Å². The number of hydrogen-bond donors (Lipinski definition) is 3. The molecule has 3 N–H and O–H groups in total. The lowest BCUT2D eigenvalue weighted by Crippen LogP contribution is -3.05. The monoisotopic (exact) mass is 349 g/mol. The molecule has 0 amide bonds. The van der Waals surface area contributed by atoms with Gasteiger partial charge in [-0.1, -0.05) is 18.2 Å². The van der Waals surface area contributed by atoms with Gasteiger partial charge >= 0.3 is 0 Å². The molecule has 0 bridgehead atoms. The third-order valence-electron chi connectivity index (χ3n) is 4.80. The molecule has 0 saturated carbocycles. The number of nitriles is 1. The largest absolute Gasteiger partial charge is 0.340 e. The van der Waals surface area contributed by atoms with E-state index in [4.69, 9.17) is 0 Å². The Kier molecular flexibility index (Phi) is 5.24. The third kappa shape index (κ3) is 3.16. The van der Waals surface area contributed by atoms with Crippen LogP contribution in [0, 0.1) is 18.3 Å². The summed E-state index contributed by atoms with van der Waals surface area (Å²) in [5.41, 5.74) is 5.79. The molecule has 3 rings (SSSR count). The van der Waals surface area contributed by atoms with E-state index in [0.717, 1.165) is 59.6 Å². The predicted molar refractivity (Wildman–Crippen MR) is 106 cm³/mol. The number of rotatable bonds is 7. The Labute approximate surface area is 154 Å². The van der Waals surface area contributed by atoms with Crippen LogP contribution in [0.15, 0.2) is 36.9 Å². The number of H-pyrrole nitrogens is 1. The van der Waals surface area contributed by atoms with Gasteiger partial charge in [-0.15, -0.1) is 6.58 Å². The highest BCUT2D eigenvalue weighted by Gasteiger charge is 2.24. The quantitative estimate of drug-likeness (QED) is 0.346. The van der Waals surface area contributed by atoms with E-state index in [-0.39, 0.29) is 0 Å². The van der Waals surface area contributed by atoms with Gasteiger partial charge in [0.25, 0.3) is 0 Å². The molecular formula is C21H27N5+2. The highest BCUT2D eigenvalue weighted by molar-refractivity contribution is 5.78. The third-order valence-corrected chi connectivity index (χ3v) is 4.80. The van der Waals surface area contributed by atoms with Gasteiger partial charge in [-0.25, -0.2) is 0 Å². The van der Waals surface area contributed by atoms with Crippen molar-refractivity contribution in [1.82, 2.24) is 4.98 Å². The second kappa shape index (κ2) is 7.59. The van der Waals surface area contributed by atoms with E-state index < -0.39 is 0 Å². The molecule has 2 heterocycles. The van der Waals surface area contributed by atoms with Gasteiger partial charge in [0.05, 0.1) is 27.2 Å². The summed E-state index contributed by atoms with van der Waals surface area (Å²) in [7, 11) is 4.34. The zero-order valence-corrected chi connectivity index (χ0v) is 15.8. The number of anilines is 1. The van der Waals surface area contributed by atoms with Crippen molar-refractivity contribution in [3.8, 4) is 6.07 Å². The van der Waals surface area contributed by atoms with Gasteiger partial charge in [-0.3, -0.25) is 4.98 Å². The summed E-state index contributed by atoms with van der Waals surface area (Å²) < 4.78 is 2.15. The standard InChI is InChI=1S/C21H25N5/c1-5-9-16-15(2)17(14-22)21-24-18-10-6-7-11-19(18)26(21)20(16)23-12-8-13-25(3)4/h5-7,10-11H,1,8-9,12-13H2,2-4H3,(H,23,24)/p+2. The normalized spacial score (nSPS) is 11.2. The van der Waals surface area contributed by atoms with Crippen molar-refractivity contribution in [2.75, 3.05) is 32.5 Å². The summed E-state index contributed by atoms with van der Waals surface area (Å²) >= 11 is 0. The van der Waals surface area contributed by atoms with E-state index in [0.29, 0.717) is 5.56 Å². The Morgan fingerprint density at radius 1 is 1.35 bits per heavy atom. The molecule has 5 nitrogen and oxygen atoms in total. The lowest BCUT2D eigenvalue weighted by molar-refractivity contribution is -0.858. The first kappa shape index (κ1) is 18.0. The Morgan fingerprint density at radius 3 is 2.81 bits per heavy atom. The first-order valence-corrected chi connectivity index (χ1v) is 9.10. The number of nitrogens with zero attached hydrogens (tertiary/aromatic N) is 2. The van der Waals surface area contributed by atoms with Gasteiger partial charge in [0.2, 0.25) is 11.5 Å². The number of para-hydroxylation sites is 2. The lowest BCUT2D eigenvalue weighted by atomic mass is 10.0. The van der Waals surface area contributed by atoms with E-state index in [2.05, 4.69) is 47.5 Å². The van der Waals surface area contributed by atoms with E-state index in [9.17, 15) is 5.26 Å². The number of quaternary nitrogens is 1. The Hall–Kier alpha value is -2.84. The maximum Gasteiger partial charge on any atom is 0.250 e. The fourth-order valence-electron chi connectivity index (χ4n) is 3.49. The molecule has 0 aliphatic rings. The fraction of sp³-hybridized carbons (Fsp3) is 0.333. The summed E-state index contributed by atoms with van der Waals surface area (Å²) in [5, 5.41) is 13.4. The van der Waals surface area contributed by atoms with Crippen LogP contribution in [-0.2, 0) is 6.42 Å². The second-order valence-corrected chi connectivity index (χ2v) is 7.00. The van der Waals surface area contributed by atoms with E-state index >= 15 is 0 Å². The summed E-state index contributed by atoms with van der Waals surface area (Å²) in [4.78, 5) is 4.87. The molecule has 0 saturated heterocycles. The van der Waals surface area contributed by atoms with Crippen molar-refractivity contribution in [3.05, 3.63) is 53.6 Å². The van der Waals surface area contributed by atoms with Gasteiger partial charge in [0, 0.05) is 12.0 Å². The number of allylic oxidation sites excluding steroid dienone is 1. The average molecular weight is 349 g/mol. The molecule has 0 unspecified atom stereocenters. The van der Waals surface area contributed by atoms with Crippen LogP contribution in [0.1, 0.15) is 23.1 Å². The molecule has 0 fully saturated rings. The van der Waals surface area contributed by atoms with Crippen molar-refractivity contribution < 1.29 is 9.30 Å². The van der Waals surface area contributed by atoms with Crippen LogP contribution < -0.4 is 14.6 Å². The summed E-state index contributed by atoms with van der Waals surface area (Å²) in [5.74, 6) is 1.06. The van der Waals surface area contributed by atoms with Crippen LogP contribution in [0.25, 0.3) is 16.7 Å². The number of aromatic nitrogens is 2. The van der Waals surface area contributed by atoms with Gasteiger partial charge in [0.15, 0.2) is 0 Å². The van der Waals surface area contributed by atoms with Gasteiger partial charge in [0.1, 0.15) is 22.7 Å². The van der Waals surface area contributed by atoms with E-state index in [1.165, 1.54) is 4.90 Å². The minimum Gasteiger partial charge on any atom is -0.340 e. The summed E-state index contributed by atoms with van der Waals surface area (Å²) in [6, 6.07) is 10.6. The summed E-state index contributed by atoms with van der Waals surface area (Å²) in [6.07, 6.45) is 3.71. The maximum atomic E-state index is 9.77. The van der Waals surface area contributed by atoms with Crippen molar-refractivity contribution in [2.24, 2.45) is 0 Å². The topological polar surface area (TPSA) is 60.1 Å². The zero-order chi connectivity index (χ0) is 18.7. The highest BCUT2D eigenvalue weighted by atomic mass is 15.1. The fourth-order valence-corrected chi connectivity index (χ4v) is 3.49. The minimum absolute atomic E-state index is 0.696. The average Bonchev–Trinajstić information content (AvgIpc) is 3.00. The molecule has 134 valence electrons. The number of nitrogens with one attached hydrogen (secondary N) is 3. The number of pyridine rings is 1. The zero-order valence-electron chi connectivity index (χ0n) is 15.8. The smallest absolute Gasteiger partial charge is 0.250 e.